The molecule has 1 N–H and O–H groups in total. The van der Waals surface area contributed by atoms with Crippen molar-refractivity contribution in [1.29, 1.82) is 0 Å². The van der Waals surface area contributed by atoms with Crippen molar-refractivity contribution >= 4 is 7.82 Å². The Morgan fingerprint density at radius 3 is 1.44 bits per heavy atom. The molecule has 0 unspecified atom stereocenters. The van der Waals surface area contributed by atoms with E-state index in [1.54, 1.807) is 60.7 Å². The van der Waals surface area contributed by atoms with Gasteiger partial charge in [-0.15, -0.1) is 0 Å². The largest absolute Gasteiger partial charge is 0.584 e. The number of hydrogen-bond acceptors (Lipinski definition) is 3. The van der Waals surface area contributed by atoms with E-state index >= 15 is 0 Å². The van der Waals surface area contributed by atoms with Crippen LogP contribution < -0.4 is 9.05 Å². The standard InChI is InChI=1S/C12H11O4P.Nd/c13-17(14,15-11-7-3-1-4-8-11)16-12-9-5-2-6-10-12;/h1-10H,(H,13,14);. The summed E-state index contributed by atoms with van der Waals surface area (Å²) < 4.78 is 21.5. The van der Waals surface area contributed by atoms with Crippen molar-refractivity contribution in [3.63, 3.8) is 0 Å². The van der Waals surface area contributed by atoms with Crippen LogP contribution >= 0.6 is 7.82 Å². The van der Waals surface area contributed by atoms with Crippen molar-refractivity contribution < 1.29 is 59.3 Å². The monoisotopic (exact) mass is 392 g/mol. The van der Waals surface area contributed by atoms with E-state index in [-0.39, 0.29) is 52.3 Å². The van der Waals surface area contributed by atoms with Gasteiger partial charge in [0.05, 0.1) is 0 Å². The fourth-order valence-corrected chi connectivity index (χ4v) is 2.06. The zero-order valence-corrected chi connectivity index (χ0v) is 13.5. The second-order valence-corrected chi connectivity index (χ2v) is 4.58. The van der Waals surface area contributed by atoms with Crippen LogP contribution in [0.5, 0.6) is 11.5 Å². The molecule has 0 bridgehead atoms. The quantitative estimate of drug-likeness (QED) is 0.809. The molecule has 0 aliphatic carbocycles. The van der Waals surface area contributed by atoms with Gasteiger partial charge < -0.3 is 9.05 Å². The Bertz CT molecular complexity index is 473. The van der Waals surface area contributed by atoms with Gasteiger partial charge in [-0.25, -0.2) is 4.57 Å². The van der Waals surface area contributed by atoms with Crippen molar-refractivity contribution in [3.05, 3.63) is 60.7 Å². The number of phosphoric acid groups is 1. The summed E-state index contributed by atoms with van der Waals surface area (Å²) in [7, 11) is -4.14. The maximum Gasteiger partial charge on any atom is 0.584 e. The van der Waals surface area contributed by atoms with Gasteiger partial charge in [0.2, 0.25) is 0 Å². The molecule has 0 aromatic heterocycles. The van der Waals surface area contributed by atoms with Crippen molar-refractivity contribution in [2.75, 3.05) is 0 Å². The molecular formula is C12H11NdO4P. The number of phosphoric ester groups is 1. The second-order valence-electron chi connectivity index (χ2n) is 3.28. The molecule has 2 aromatic carbocycles. The first kappa shape index (κ1) is 15.6. The van der Waals surface area contributed by atoms with Gasteiger partial charge in [-0.2, -0.15) is 0 Å². The molecule has 2 rings (SSSR count). The maximum atomic E-state index is 11.7. The summed E-state index contributed by atoms with van der Waals surface area (Å²) in [4.78, 5) is 9.53. The van der Waals surface area contributed by atoms with Crippen LogP contribution in [-0.4, -0.2) is 4.89 Å². The molecule has 0 aliphatic rings. The third-order valence-electron chi connectivity index (χ3n) is 1.93. The summed E-state index contributed by atoms with van der Waals surface area (Å²) in [6.45, 7) is 0. The predicted molar refractivity (Wildman–Crippen MR) is 64.0 cm³/mol. The molecule has 4 nitrogen and oxygen atoms in total. The molecular weight excluding hydrogens is 383 g/mol. The Morgan fingerprint density at radius 2 is 1.11 bits per heavy atom. The summed E-state index contributed by atoms with van der Waals surface area (Å²) >= 11 is 0. The van der Waals surface area contributed by atoms with Gasteiger partial charge in [0.1, 0.15) is 11.5 Å². The first-order valence-corrected chi connectivity index (χ1v) is 6.47. The molecule has 18 heavy (non-hydrogen) atoms. The van der Waals surface area contributed by atoms with E-state index < -0.39 is 7.82 Å². The van der Waals surface area contributed by atoms with Crippen molar-refractivity contribution in [1.82, 2.24) is 0 Å². The minimum Gasteiger partial charge on any atom is -0.395 e. The predicted octanol–water partition coefficient (Wildman–Crippen LogP) is 3.24. The molecule has 0 saturated heterocycles. The van der Waals surface area contributed by atoms with Crippen LogP contribution in [0, 0.1) is 40.8 Å². The van der Waals surface area contributed by atoms with Crippen LogP contribution in [0.4, 0.5) is 0 Å². The Kier molecular flexibility index (Phi) is 6.29. The molecule has 0 atom stereocenters. The first-order valence-electron chi connectivity index (χ1n) is 4.98. The Morgan fingerprint density at radius 1 is 0.778 bits per heavy atom. The molecule has 0 heterocycles. The maximum absolute atomic E-state index is 11.7. The van der Waals surface area contributed by atoms with Crippen LogP contribution in [0.25, 0.3) is 0 Å². The van der Waals surface area contributed by atoms with Gasteiger partial charge >= 0.3 is 7.82 Å². The zero-order chi connectivity index (χ0) is 12.1. The summed E-state index contributed by atoms with van der Waals surface area (Å²) in [5.41, 5.74) is 0. The third-order valence-corrected chi connectivity index (χ3v) is 2.81. The fraction of sp³-hybridized carbons (Fsp3) is 0. The van der Waals surface area contributed by atoms with Crippen molar-refractivity contribution in [3.8, 4) is 11.5 Å². The minimum atomic E-state index is -4.14. The molecule has 0 amide bonds. The fourth-order valence-electron chi connectivity index (χ4n) is 1.25. The Hall–Kier alpha value is -0.419. The number of para-hydroxylation sites is 2. The van der Waals surface area contributed by atoms with Gasteiger partial charge in [0.25, 0.3) is 0 Å². The summed E-state index contributed by atoms with van der Waals surface area (Å²) in [6, 6.07) is 16.7. The normalized spacial score (nSPS) is 10.3. The molecule has 0 saturated carbocycles. The van der Waals surface area contributed by atoms with E-state index in [4.69, 9.17) is 9.05 Å². The van der Waals surface area contributed by atoms with E-state index in [9.17, 15) is 9.46 Å². The molecule has 0 spiro atoms. The van der Waals surface area contributed by atoms with Crippen LogP contribution in [0.3, 0.4) is 0 Å². The smallest absolute Gasteiger partial charge is 0.395 e. The Balaban J connectivity index is 0.00000162. The summed E-state index contributed by atoms with van der Waals surface area (Å²) in [6.07, 6.45) is 0. The minimum absolute atomic E-state index is 0. The molecule has 0 aliphatic heterocycles. The number of hydrogen-bond donors (Lipinski definition) is 1. The van der Waals surface area contributed by atoms with E-state index in [2.05, 4.69) is 0 Å². The van der Waals surface area contributed by atoms with Crippen LogP contribution in [0.15, 0.2) is 60.7 Å². The van der Waals surface area contributed by atoms with E-state index in [1.165, 1.54) is 0 Å². The molecule has 2 aromatic rings. The van der Waals surface area contributed by atoms with Crippen molar-refractivity contribution in [2.24, 2.45) is 0 Å². The van der Waals surface area contributed by atoms with E-state index in [0.717, 1.165) is 0 Å². The zero-order valence-electron chi connectivity index (χ0n) is 9.39. The molecule has 92 valence electrons. The van der Waals surface area contributed by atoms with E-state index in [0.29, 0.717) is 0 Å². The van der Waals surface area contributed by atoms with Gasteiger partial charge in [-0.1, -0.05) is 36.4 Å². The van der Waals surface area contributed by atoms with Gasteiger partial charge in [-0.3, -0.25) is 4.89 Å². The average molecular weight is 394 g/mol. The van der Waals surface area contributed by atoms with Gasteiger partial charge in [0, 0.05) is 40.8 Å². The first-order chi connectivity index (χ1) is 8.16. The van der Waals surface area contributed by atoms with Gasteiger partial charge in [0.15, 0.2) is 0 Å². The van der Waals surface area contributed by atoms with E-state index in [1.807, 2.05) is 0 Å². The third kappa shape index (κ3) is 5.06. The Labute approximate surface area is 138 Å². The number of benzene rings is 2. The van der Waals surface area contributed by atoms with Crippen LogP contribution in [0.2, 0.25) is 0 Å². The number of rotatable bonds is 4. The molecule has 0 fully saturated rings. The average Bonchev–Trinajstić information content (AvgIpc) is 2.30. The van der Waals surface area contributed by atoms with Crippen LogP contribution in [0.1, 0.15) is 0 Å². The topological polar surface area (TPSA) is 55.8 Å². The second kappa shape index (κ2) is 7.24. The molecule has 6 heteroatoms. The van der Waals surface area contributed by atoms with Crippen LogP contribution in [-0.2, 0) is 4.57 Å². The summed E-state index contributed by atoms with van der Waals surface area (Å²) in [5.74, 6) is 0.573. The SMILES string of the molecule is O=P(O)(Oc1ccccc1)Oc1ccccc1.[Nd]. The van der Waals surface area contributed by atoms with Crippen molar-refractivity contribution in [2.45, 2.75) is 0 Å². The summed E-state index contributed by atoms with van der Waals surface area (Å²) in [5, 5.41) is 0. The molecule has 0 radical (unpaired) electrons. The van der Waals surface area contributed by atoms with Gasteiger partial charge in [-0.05, 0) is 24.3 Å².